The Morgan fingerprint density at radius 2 is 2.00 bits per heavy atom. The minimum absolute atomic E-state index is 0.304. The average molecular weight is 162 g/mol. The normalized spacial score (nSPS) is 10.0. The summed E-state index contributed by atoms with van der Waals surface area (Å²) in [5.41, 5.74) is 0.768. The smallest absolute Gasteiger partial charge is 0.267 e. The summed E-state index contributed by atoms with van der Waals surface area (Å²) in [6.45, 7) is 0. The van der Waals surface area contributed by atoms with Gasteiger partial charge in [0.1, 0.15) is 0 Å². The summed E-state index contributed by atoms with van der Waals surface area (Å²) in [5.74, 6) is 0. The highest BCUT2D eigenvalue weighted by atomic mass is 16.6. The van der Waals surface area contributed by atoms with E-state index in [-0.39, 0.29) is 5.56 Å². The molecular formula is C8H6N2O2. The molecule has 60 valence electrons. The average Bonchev–Trinajstić information content (AvgIpc) is 2.53. The molecule has 0 saturated carbocycles. The fraction of sp³-hybridized carbons (Fsp3) is 0. The zero-order valence-corrected chi connectivity index (χ0v) is 6.15. The molecule has 0 atom stereocenters. The molecule has 1 aromatic heterocycles. The van der Waals surface area contributed by atoms with Gasteiger partial charge in [-0.05, 0) is 5.16 Å². The first kappa shape index (κ1) is 6.84. The highest BCUT2D eigenvalue weighted by Crippen LogP contribution is 2.10. The number of rotatable bonds is 1. The maximum atomic E-state index is 11.0. The van der Waals surface area contributed by atoms with Crippen LogP contribution in [0.3, 0.4) is 0 Å². The second kappa shape index (κ2) is 2.65. The maximum Gasteiger partial charge on any atom is 0.308 e. The molecule has 0 spiro atoms. The molecule has 1 heterocycles. The molecule has 4 nitrogen and oxygen atoms in total. The van der Waals surface area contributed by atoms with Gasteiger partial charge in [-0.2, -0.15) is 5.16 Å². The van der Waals surface area contributed by atoms with Crippen molar-refractivity contribution in [1.29, 1.82) is 0 Å². The first-order valence-electron chi connectivity index (χ1n) is 3.48. The highest BCUT2D eigenvalue weighted by Gasteiger charge is 2.05. The van der Waals surface area contributed by atoms with Gasteiger partial charge in [0.05, 0.1) is 0 Å². The minimum Gasteiger partial charge on any atom is -0.267 e. The van der Waals surface area contributed by atoms with Crippen molar-refractivity contribution in [3.05, 3.63) is 40.7 Å². The third-order valence-electron chi connectivity index (χ3n) is 1.54. The van der Waals surface area contributed by atoms with E-state index in [1.807, 2.05) is 18.2 Å². The number of H-pyrrole nitrogens is 1. The van der Waals surface area contributed by atoms with Gasteiger partial charge in [0, 0.05) is 5.56 Å². The Kier molecular flexibility index (Phi) is 1.51. The predicted molar refractivity (Wildman–Crippen MR) is 42.6 cm³/mol. The van der Waals surface area contributed by atoms with Gasteiger partial charge in [-0.15, -0.1) is 0 Å². The van der Waals surface area contributed by atoms with Crippen molar-refractivity contribution in [2.24, 2.45) is 0 Å². The lowest BCUT2D eigenvalue weighted by molar-refractivity contribution is 0.305. The van der Waals surface area contributed by atoms with Gasteiger partial charge >= 0.3 is 5.56 Å². The molecule has 0 aliphatic heterocycles. The van der Waals surface area contributed by atoms with Crippen molar-refractivity contribution >= 4 is 0 Å². The lowest BCUT2D eigenvalue weighted by Gasteiger charge is -1.89. The van der Waals surface area contributed by atoms with E-state index in [1.54, 1.807) is 12.1 Å². The van der Waals surface area contributed by atoms with Crippen LogP contribution in [0.2, 0.25) is 0 Å². The Morgan fingerprint density at radius 1 is 1.25 bits per heavy atom. The van der Waals surface area contributed by atoms with Crippen LogP contribution in [0.1, 0.15) is 0 Å². The fourth-order valence-electron chi connectivity index (χ4n) is 0.980. The van der Waals surface area contributed by atoms with E-state index in [9.17, 15) is 4.79 Å². The molecule has 2 rings (SSSR count). The summed E-state index contributed by atoms with van der Waals surface area (Å²) < 4.78 is 4.41. The van der Waals surface area contributed by atoms with E-state index in [4.69, 9.17) is 0 Å². The molecule has 1 aromatic carbocycles. The number of aromatic nitrogens is 2. The summed E-state index contributed by atoms with van der Waals surface area (Å²) in [6, 6.07) is 9.14. The van der Waals surface area contributed by atoms with Crippen LogP contribution in [0, 0.1) is 0 Å². The van der Waals surface area contributed by atoms with Crippen LogP contribution in [-0.2, 0) is 0 Å². The quantitative estimate of drug-likeness (QED) is 0.681. The summed E-state index contributed by atoms with van der Waals surface area (Å²) in [7, 11) is 0. The minimum atomic E-state index is -0.304. The van der Waals surface area contributed by atoms with Gasteiger partial charge < -0.3 is 0 Å². The summed E-state index contributed by atoms with van der Waals surface area (Å²) in [6.07, 6.45) is 0. The van der Waals surface area contributed by atoms with Crippen molar-refractivity contribution in [2.45, 2.75) is 0 Å². The van der Waals surface area contributed by atoms with Gasteiger partial charge in [0.2, 0.25) is 0 Å². The van der Waals surface area contributed by atoms with Gasteiger partial charge in [-0.1, -0.05) is 30.3 Å². The number of benzene rings is 1. The Hall–Kier alpha value is -1.84. The molecule has 2 aromatic rings. The van der Waals surface area contributed by atoms with Gasteiger partial charge in [-0.25, -0.2) is 0 Å². The Labute approximate surface area is 67.8 Å². The number of nitrogens with zero attached hydrogens (tertiary/aromatic N) is 1. The zero-order valence-electron chi connectivity index (χ0n) is 6.15. The molecule has 1 N–H and O–H groups in total. The van der Waals surface area contributed by atoms with Crippen LogP contribution >= 0.6 is 0 Å². The second-order valence-corrected chi connectivity index (χ2v) is 2.33. The monoisotopic (exact) mass is 162 g/mol. The molecule has 12 heavy (non-hydrogen) atoms. The van der Waals surface area contributed by atoms with E-state index in [0.717, 1.165) is 5.56 Å². The number of nitrogens with one attached hydrogen (secondary N) is 1. The van der Waals surface area contributed by atoms with E-state index >= 15 is 0 Å². The molecule has 0 amide bonds. The standard InChI is InChI=1S/C8H6N2O2/c11-8-7(9-12-10-8)6-4-2-1-3-5-6/h1-5H,(H,10,11). The van der Waals surface area contributed by atoms with E-state index in [2.05, 4.69) is 14.9 Å². The molecule has 0 aliphatic rings. The van der Waals surface area contributed by atoms with E-state index in [0.29, 0.717) is 5.69 Å². The topological polar surface area (TPSA) is 58.9 Å². The number of hydrogen-bond acceptors (Lipinski definition) is 3. The molecule has 0 aliphatic carbocycles. The van der Waals surface area contributed by atoms with Gasteiger partial charge in [-0.3, -0.25) is 9.42 Å². The Morgan fingerprint density at radius 3 is 2.58 bits per heavy atom. The third-order valence-corrected chi connectivity index (χ3v) is 1.54. The Balaban J connectivity index is 2.59. The summed E-state index contributed by atoms with van der Waals surface area (Å²) in [5, 5.41) is 5.67. The summed E-state index contributed by atoms with van der Waals surface area (Å²) >= 11 is 0. The van der Waals surface area contributed by atoms with Gasteiger partial charge in [0.15, 0.2) is 5.69 Å². The van der Waals surface area contributed by atoms with Crippen LogP contribution < -0.4 is 5.56 Å². The van der Waals surface area contributed by atoms with Crippen LogP contribution in [0.25, 0.3) is 11.3 Å². The molecule has 0 unspecified atom stereocenters. The molecule has 0 saturated heterocycles. The fourth-order valence-corrected chi connectivity index (χ4v) is 0.980. The maximum absolute atomic E-state index is 11.0. The molecule has 0 fully saturated rings. The van der Waals surface area contributed by atoms with Crippen LogP contribution in [-0.4, -0.2) is 10.3 Å². The lowest BCUT2D eigenvalue weighted by atomic mass is 10.2. The van der Waals surface area contributed by atoms with Crippen LogP contribution in [0.15, 0.2) is 39.8 Å². The predicted octanol–water partition coefficient (Wildman–Crippen LogP) is 1.03. The lowest BCUT2D eigenvalue weighted by Crippen LogP contribution is -2.00. The highest BCUT2D eigenvalue weighted by molar-refractivity contribution is 5.56. The van der Waals surface area contributed by atoms with Gasteiger partial charge in [0.25, 0.3) is 0 Å². The van der Waals surface area contributed by atoms with Crippen LogP contribution in [0.4, 0.5) is 0 Å². The van der Waals surface area contributed by atoms with E-state index in [1.165, 1.54) is 0 Å². The third kappa shape index (κ3) is 1.03. The SMILES string of the molecule is O=c1[nH]onc1-c1ccccc1. The van der Waals surface area contributed by atoms with Crippen molar-refractivity contribution in [3.63, 3.8) is 0 Å². The Bertz CT molecular complexity index is 416. The molecule has 0 radical (unpaired) electrons. The molecule has 4 heteroatoms. The van der Waals surface area contributed by atoms with Crippen molar-refractivity contribution in [2.75, 3.05) is 0 Å². The molecular weight excluding hydrogens is 156 g/mol. The second-order valence-electron chi connectivity index (χ2n) is 2.33. The van der Waals surface area contributed by atoms with Crippen LogP contribution in [0.5, 0.6) is 0 Å². The first-order chi connectivity index (χ1) is 5.88. The number of hydrogen-bond donors (Lipinski definition) is 1. The summed E-state index contributed by atoms with van der Waals surface area (Å²) in [4.78, 5) is 11.0. The van der Waals surface area contributed by atoms with E-state index < -0.39 is 0 Å². The molecule has 0 bridgehead atoms. The zero-order chi connectivity index (χ0) is 8.39. The number of aromatic amines is 1. The largest absolute Gasteiger partial charge is 0.308 e. The first-order valence-corrected chi connectivity index (χ1v) is 3.48. The van der Waals surface area contributed by atoms with Crippen molar-refractivity contribution < 1.29 is 4.63 Å². The van der Waals surface area contributed by atoms with Crippen molar-refractivity contribution in [1.82, 2.24) is 10.3 Å². The van der Waals surface area contributed by atoms with Crippen molar-refractivity contribution in [3.8, 4) is 11.3 Å².